The average Bonchev–Trinajstić information content (AvgIpc) is 2.96. The second-order valence-corrected chi connectivity index (χ2v) is 8.38. The van der Waals surface area contributed by atoms with Crippen molar-refractivity contribution < 1.29 is 14.4 Å². The molecule has 4 rings (SSSR count). The molecule has 2 aliphatic heterocycles. The number of hydrogen-bond donors (Lipinski definition) is 0. The van der Waals surface area contributed by atoms with Crippen LogP contribution in [-0.2, 0) is 0 Å². The Morgan fingerprint density at radius 2 is 1.93 bits per heavy atom. The number of carbonyl (C=O) groups excluding carboxylic acids is 3. The van der Waals surface area contributed by atoms with Gasteiger partial charge in [-0.2, -0.15) is 0 Å². The quantitative estimate of drug-likeness (QED) is 0.585. The lowest BCUT2D eigenvalue weighted by molar-refractivity contribution is 0.0654. The van der Waals surface area contributed by atoms with Gasteiger partial charge in [-0.1, -0.05) is 18.6 Å². The Balaban J connectivity index is 1.49. The maximum Gasteiger partial charge on any atom is 0.261 e. The highest BCUT2D eigenvalue weighted by Gasteiger charge is 2.36. The number of benzene rings is 1. The van der Waals surface area contributed by atoms with Crippen molar-refractivity contribution in [3.05, 3.63) is 46.5 Å². The SMILES string of the molecule is C[C@@H]1CCCN(C(=O)c2ccc3c(c2)C(=O)N(CCC2=CCCCC2)C3=O)C1. The van der Waals surface area contributed by atoms with Gasteiger partial charge in [0.05, 0.1) is 11.1 Å². The van der Waals surface area contributed by atoms with Gasteiger partial charge in [-0.25, -0.2) is 0 Å². The number of likely N-dealkylation sites (tertiary alicyclic amines) is 1. The van der Waals surface area contributed by atoms with Gasteiger partial charge in [0, 0.05) is 25.2 Å². The van der Waals surface area contributed by atoms with Crippen molar-refractivity contribution in [3.8, 4) is 0 Å². The molecule has 0 aromatic heterocycles. The lowest BCUT2D eigenvalue weighted by Gasteiger charge is -2.31. The Labute approximate surface area is 166 Å². The molecule has 0 bridgehead atoms. The fourth-order valence-corrected chi connectivity index (χ4v) is 4.57. The van der Waals surface area contributed by atoms with Gasteiger partial charge in [-0.3, -0.25) is 19.3 Å². The summed E-state index contributed by atoms with van der Waals surface area (Å²) in [7, 11) is 0. The second kappa shape index (κ2) is 7.90. The smallest absolute Gasteiger partial charge is 0.261 e. The van der Waals surface area contributed by atoms with Gasteiger partial charge in [0.2, 0.25) is 0 Å². The van der Waals surface area contributed by atoms with Crippen molar-refractivity contribution in [2.75, 3.05) is 19.6 Å². The van der Waals surface area contributed by atoms with E-state index in [2.05, 4.69) is 13.0 Å². The predicted molar refractivity (Wildman–Crippen MR) is 107 cm³/mol. The van der Waals surface area contributed by atoms with Gasteiger partial charge < -0.3 is 4.90 Å². The molecule has 148 valence electrons. The van der Waals surface area contributed by atoms with Crippen LogP contribution < -0.4 is 0 Å². The van der Waals surface area contributed by atoms with Gasteiger partial charge in [-0.05, 0) is 69.1 Å². The second-order valence-electron chi connectivity index (χ2n) is 8.38. The van der Waals surface area contributed by atoms with Crippen LogP contribution in [0.2, 0.25) is 0 Å². The van der Waals surface area contributed by atoms with E-state index in [0.29, 0.717) is 29.2 Å². The molecule has 3 amide bonds. The first-order valence-corrected chi connectivity index (χ1v) is 10.5. The molecule has 1 aromatic rings. The lowest BCUT2D eigenvalue weighted by atomic mass is 9.97. The molecule has 0 spiro atoms. The lowest BCUT2D eigenvalue weighted by Crippen LogP contribution is -2.39. The van der Waals surface area contributed by atoms with E-state index >= 15 is 0 Å². The summed E-state index contributed by atoms with van der Waals surface area (Å²) in [6, 6.07) is 4.96. The summed E-state index contributed by atoms with van der Waals surface area (Å²) in [4.78, 5) is 41.6. The van der Waals surface area contributed by atoms with Gasteiger partial charge in [0.25, 0.3) is 17.7 Å². The summed E-state index contributed by atoms with van der Waals surface area (Å²) in [5.41, 5.74) is 2.65. The number of fused-ring (bicyclic) bond motifs is 1. The third-order valence-electron chi connectivity index (χ3n) is 6.20. The third kappa shape index (κ3) is 3.62. The molecular weight excluding hydrogens is 352 g/mol. The first kappa shape index (κ1) is 18.9. The predicted octanol–water partition coefficient (Wildman–Crippen LogP) is 4.05. The summed E-state index contributed by atoms with van der Waals surface area (Å²) in [5, 5.41) is 0. The van der Waals surface area contributed by atoms with E-state index in [1.54, 1.807) is 18.2 Å². The molecule has 2 heterocycles. The molecule has 0 saturated carbocycles. The standard InChI is InChI=1S/C23H28N2O3/c1-16-6-5-12-24(15-16)21(26)18-9-10-19-20(14-18)23(28)25(22(19)27)13-11-17-7-3-2-4-8-17/h7,9-10,14,16H,2-6,8,11-13,15H2,1H3/t16-/m1/s1. The number of nitrogens with zero attached hydrogens (tertiary/aromatic N) is 2. The van der Waals surface area contributed by atoms with Crippen molar-refractivity contribution in [1.82, 2.24) is 9.80 Å². The van der Waals surface area contributed by atoms with Gasteiger partial charge in [0.15, 0.2) is 0 Å². The first-order valence-electron chi connectivity index (χ1n) is 10.5. The molecule has 3 aliphatic rings. The number of rotatable bonds is 4. The Kier molecular flexibility index (Phi) is 5.33. The summed E-state index contributed by atoms with van der Waals surface area (Å²) in [5.74, 6) is -0.0413. The molecule has 0 unspecified atom stereocenters. The van der Waals surface area contributed by atoms with Crippen LogP contribution >= 0.6 is 0 Å². The molecular formula is C23H28N2O3. The van der Waals surface area contributed by atoms with E-state index in [1.165, 1.54) is 23.3 Å². The van der Waals surface area contributed by atoms with Crippen molar-refractivity contribution in [2.24, 2.45) is 5.92 Å². The van der Waals surface area contributed by atoms with Crippen molar-refractivity contribution in [2.45, 2.75) is 51.9 Å². The van der Waals surface area contributed by atoms with Gasteiger partial charge >= 0.3 is 0 Å². The van der Waals surface area contributed by atoms with Crippen LogP contribution in [-0.4, -0.2) is 47.2 Å². The van der Waals surface area contributed by atoms with E-state index in [0.717, 1.165) is 45.2 Å². The number of imide groups is 1. The Bertz CT molecular complexity index is 842. The van der Waals surface area contributed by atoms with E-state index < -0.39 is 0 Å². The molecule has 1 aliphatic carbocycles. The molecule has 28 heavy (non-hydrogen) atoms. The van der Waals surface area contributed by atoms with E-state index in [1.807, 2.05) is 4.90 Å². The number of amides is 3. The number of piperidine rings is 1. The molecule has 0 N–H and O–H groups in total. The maximum absolute atomic E-state index is 12.9. The minimum Gasteiger partial charge on any atom is -0.338 e. The fraction of sp³-hybridized carbons (Fsp3) is 0.522. The van der Waals surface area contributed by atoms with E-state index in [9.17, 15) is 14.4 Å². The minimum atomic E-state index is -0.266. The van der Waals surface area contributed by atoms with Crippen LogP contribution in [0.5, 0.6) is 0 Å². The van der Waals surface area contributed by atoms with Crippen molar-refractivity contribution >= 4 is 17.7 Å². The minimum absolute atomic E-state index is 0.0413. The average molecular weight is 380 g/mol. The number of hydrogen-bond acceptors (Lipinski definition) is 3. The van der Waals surface area contributed by atoms with Gasteiger partial charge in [-0.15, -0.1) is 0 Å². The van der Waals surface area contributed by atoms with Crippen LogP contribution in [0, 0.1) is 5.92 Å². The van der Waals surface area contributed by atoms with Gasteiger partial charge in [0.1, 0.15) is 0 Å². The molecule has 1 saturated heterocycles. The van der Waals surface area contributed by atoms with Crippen LogP contribution in [0.4, 0.5) is 0 Å². The largest absolute Gasteiger partial charge is 0.338 e. The number of carbonyl (C=O) groups is 3. The molecule has 1 atom stereocenters. The van der Waals surface area contributed by atoms with Crippen LogP contribution in [0.15, 0.2) is 29.8 Å². The topological polar surface area (TPSA) is 57.7 Å². The van der Waals surface area contributed by atoms with Crippen molar-refractivity contribution in [3.63, 3.8) is 0 Å². The molecule has 0 radical (unpaired) electrons. The summed E-state index contributed by atoms with van der Waals surface area (Å²) in [6.45, 7) is 4.09. The van der Waals surface area contributed by atoms with Crippen LogP contribution in [0.1, 0.15) is 82.9 Å². The summed E-state index contributed by atoms with van der Waals surface area (Å²) < 4.78 is 0. The maximum atomic E-state index is 12.9. The van der Waals surface area contributed by atoms with E-state index in [-0.39, 0.29) is 17.7 Å². The molecule has 5 heteroatoms. The summed E-state index contributed by atoms with van der Waals surface area (Å²) >= 11 is 0. The third-order valence-corrected chi connectivity index (χ3v) is 6.20. The highest BCUT2D eigenvalue weighted by atomic mass is 16.2. The highest BCUT2D eigenvalue weighted by molar-refractivity contribution is 6.22. The van der Waals surface area contributed by atoms with Crippen LogP contribution in [0.3, 0.4) is 0 Å². The normalized spacial score (nSPS) is 22.3. The highest BCUT2D eigenvalue weighted by Crippen LogP contribution is 2.27. The Hall–Kier alpha value is -2.43. The first-order chi connectivity index (χ1) is 13.5. The van der Waals surface area contributed by atoms with E-state index in [4.69, 9.17) is 0 Å². The van der Waals surface area contributed by atoms with Crippen molar-refractivity contribution in [1.29, 1.82) is 0 Å². The molecule has 1 aromatic carbocycles. The number of allylic oxidation sites excluding steroid dienone is 1. The molecule has 5 nitrogen and oxygen atoms in total. The zero-order valence-electron chi connectivity index (χ0n) is 16.6. The Morgan fingerprint density at radius 3 is 2.68 bits per heavy atom. The van der Waals surface area contributed by atoms with Crippen LogP contribution in [0.25, 0.3) is 0 Å². The monoisotopic (exact) mass is 380 g/mol. The summed E-state index contributed by atoms with van der Waals surface area (Å²) in [6.07, 6.45) is 9.73. The zero-order chi connectivity index (χ0) is 19.7. The molecule has 1 fully saturated rings. The zero-order valence-corrected chi connectivity index (χ0v) is 16.6. The fourth-order valence-electron chi connectivity index (χ4n) is 4.57. The Morgan fingerprint density at radius 1 is 1.11 bits per heavy atom.